The second kappa shape index (κ2) is 7.11. The lowest BCUT2D eigenvalue weighted by molar-refractivity contribution is 0.689. The molecule has 0 unspecified atom stereocenters. The van der Waals surface area contributed by atoms with E-state index in [0.29, 0.717) is 0 Å². The van der Waals surface area contributed by atoms with Gasteiger partial charge in [0.1, 0.15) is 0 Å². The molecule has 0 aliphatic heterocycles. The largest absolute Gasteiger partial charge is 0.100 e. The third-order valence-electron chi connectivity index (χ3n) is 3.04. The van der Waals surface area contributed by atoms with Gasteiger partial charge in [-0.15, -0.1) is 6.58 Å². The number of hydrogen-bond acceptors (Lipinski definition) is 0. The summed E-state index contributed by atoms with van der Waals surface area (Å²) in [4.78, 5) is 0. The second-order valence-electron chi connectivity index (χ2n) is 4.99. The van der Waals surface area contributed by atoms with E-state index in [0.717, 1.165) is 12.8 Å². The van der Waals surface area contributed by atoms with Crippen LogP contribution in [-0.4, -0.2) is 0 Å². The van der Waals surface area contributed by atoms with Crippen molar-refractivity contribution < 1.29 is 0 Å². The van der Waals surface area contributed by atoms with Crippen LogP contribution in [0.1, 0.15) is 50.2 Å². The van der Waals surface area contributed by atoms with E-state index in [1.807, 2.05) is 0 Å². The lowest BCUT2D eigenvalue weighted by atomic mass is 9.99. The van der Waals surface area contributed by atoms with E-state index in [4.69, 9.17) is 0 Å². The molecule has 0 aliphatic carbocycles. The maximum absolute atomic E-state index is 4.17. The molecule has 92 valence electrons. The molecule has 0 heteroatoms. The van der Waals surface area contributed by atoms with Gasteiger partial charge in [0, 0.05) is 0 Å². The molecule has 0 saturated carbocycles. The van der Waals surface area contributed by atoms with E-state index >= 15 is 0 Å². The Morgan fingerprint density at radius 2 is 1.53 bits per heavy atom. The zero-order valence-corrected chi connectivity index (χ0v) is 11.3. The fraction of sp³-hybridized carbons (Fsp3) is 0.412. The summed E-state index contributed by atoms with van der Waals surface area (Å²) in [5.74, 6) is 0. The highest BCUT2D eigenvalue weighted by Gasteiger charge is 1.98. The monoisotopic (exact) mass is 228 g/mol. The van der Waals surface area contributed by atoms with Crippen LogP contribution in [0.5, 0.6) is 0 Å². The molecule has 0 aromatic heterocycles. The van der Waals surface area contributed by atoms with E-state index in [1.54, 1.807) is 0 Å². The Kier molecular flexibility index (Phi) is 5.76. The predicted molar refractivity (Wildman–Crippen MR) is 78.1 cm³/mol. The molecule has 17 heavy (non-hydrogen) atoms. The van der Waals surface area contributed by atoms with Gasteiger partial charge >= 0.3 is 0 Å². The Morgan fingerprint density at radius 1 is 0.941 bits per heavy atom. The van der Waals surface area contributed by atoms with Crippen molar-refractivity contribution in [1.82, 2.24) is 0 Å². The summed E-state index contributed by atoms with van der Waals surface area (Å²) in [5.41, 5.74) is 5.15. The van der Waals surface area contributed by atoms with Crippen molar-refractivity contribution in [3.63, 3.8) is 0 Å². The van der Waals surface area contributed by atoms with Crippen LogP contribution in [0.3, 0.4) is 0 Å². The van der Waals surface area contributed by atoms with Crippen LogP contribution in [-0.2, 0) is 0 Å². The summed E-state index contributed by atoms with van der Waals surface area (Å²) < 4.78 is 0. The molecule has 0 N–H and O–H groups in total. The molecule has 1 aromatic carbocycles. The van der Waals surface area contributed by atoms with Crippen molar-refractivity contribution in [2.45, 2.75) is 46.0 Å². The molecular formula is C17H24. The fourth-order valence-electron chi connectivity index (χ4n) is 1.88. The zero-order chi connectivity index (χ0) is 12.7. The van der Waals surface area contributed by atoms with Gasteiger partial charge in [0.2, 0.25) is 0 Å². The van der Waals surface area contributed by atoms with Crippen LogP contribution in [0, 0.1) is 6.92 Å². The molecule has 1 rings (SSSR count). The lowest BCUT2D eigenvalue weighted by Gasteiger charge is -2.06. The first kappa shape index (κ1) is 13.8. The Morgan fingerprint density at radius 3 is 2.12 bits per heavy atom. The van der Waals surface area contributed by atoms with Gasteiger partial charge in [-0.2, -0.15) is 0 Å². The van der Waals surface area contributed by atoms with Crippen molar-refractivity contribution in [3.05, 3.63) is 54.1 Å². The first-order valence-electron chi connectivity index (χ1n) is 6.49. The van der Waals surface area contributed by atoms with Crippen LogP contribution in [0.15, 0.2) is 43.0 Å². The molecule has 1 aromatic rings. The van der Waals surface area contributed by atoms with Crippen LogP contribution in [0.25, 0.3) is 5.57 Å². The van der Waals surface area contributed by atoms with Gasteiger partial charge in [-0.3, -0.25) is 0 Å². The topological polar surface area (TPSA) is 0 Å². The lowest BCUT2D eigenvalue weighted by Crippen LogP contribution is -1.85. The number of hydrogen-bond donors (Lipinski definition) is 0. The minimum Gasteiger partial charge on any atom is -0.100 e. The van der Waals surface area contributed by atoms with Crippen LogP contribution in [0.2, 0.25) is 0 Å². The molecule has 0 amide bonds. The van der Waals surface area contributed by atoms with Gasteiger partial charge in [-0.25, -0.2) is 0 Å². The SMILES string of the molecule is C=C(C)CCCCCC(=C)c1ccc(C)cc1. The summed E-state index contributed by atoms with van der Waals surface area (Å²) in [6, 6.07) is 8.65. The van der Waals surface area contributed by atoms with E-state index in [1.165, 1.54) is 41.5 Å². The molecule has 0 atom stereocenters. The first-order chi connectivity index (χ1) is 8.09. The number of rotatable bonds is 7. The van der Waals surface area contributed by atoms with Gasteiger partial charge in [-0.05, 0) is 50.7 Å². The maximum atomic E-state index is 4.17. The maximum Gasteiger partial charge on any atom is -0.0230 e. The van der Waals surface area contributed by atoms with Gasteiger partial charge in [0.05, 0.1) is 0 Å². The van der Waals surface area contributed by atoms with Gasteiger partial charge in [-0.1, -0.05) is 48.4 Å². The highest BCUT2D eigenvalue weighted by atomic mass is 14.0. The molecule has 0 aliphatic rings. The van der Waals surface area contributed by atoms with Crippen molar-refractivity contribution in [2.24, 2.45) is 0 Å². The van der Waals surface area contributed by atoms with Gasteiger partial charge in [0.15, 0.2) is 0 Å². The Balaban J connectivity index is 2.25. The van der Waals surface area contributed by atoms with Crippen molar-refractivity contribution in [1.29, 1.82) is 0 Å². The molecule has 0 fully saturated rings. The van der Waals surface area contributed by atoms with Crippen molar-refractivity contribution in [3.8, 4) is 0 Å². The summed E-state index contributed by atoms with van der Waals surface area (Å²) in [6.45, 7) is 12.3. The number of unbranched alkanes of at least 4 members (excludes halogenated alkanes) is 2. The Bertz CT molecular complexity index is 368. The van der Waals surface area contributed by atoms with E-state index in [9.17, 15) is 0 Å². The number of aryl methyl sites for hydroxylation is 1. The molecule has 0 nitrogen and oxygen atoms in total. The fourth-order valence-corrected chi connectivity index (χ4v) is 1.88. The smallest absolute Gasteiger partial charge is 0.0230 e. The molecule has 0 spiro atoms. The van der Waals surface area contributed by atoms with Gasteiger partial charge in [0.25, 0.3) is 0 Å². The highest BCUT2D eigenvalue weighted by Crippen LogP contribution is 2.20. The molecule has 0 heterocycles. The van der Waals surface area contributed by atoms with E-state index in [-0.39, 0.29) is 0 Å². The Hall–Kier alpha value is -1.30. The first-order valence-corrected chi connectivity index (χ1v) is 6.49. The summed E-state index contributed by atoms with van der Waals surface area (Å²) >= 11 is 0. The molecular weight excluding hydrogens is 204 g/mol. The van der Waals surface area contributed by atoms with Crippen LogP contribution >= 0.6 is 0 Å². The normalized spacial score (nSPS) is 10.2. The minimum atomic E-state index is 1.11. The highest BCUT2D eigenvalue weighted by molar-refractivity contribution is 5.63. The quantitative estimate of drug-likeness (QED) is 0.425. The van der Waals surface area contributed by atoms with Crippen LogP contribution < -0.4 is 0 Å². The minimum absolute atomic E-state index is 1.11. The van der Waals surface area contributed by atoms with Crippen molar-refractivity contribution in [2.75, 3.05) is 0 Å². The Labute approximate surface area is 106 Å². The van der Waals surface area contributed by atoms with E-state index < -0.39 is 0 Å². The number of allylic oxidation sites excluding steroid dienone is 2. The van der Waals surface area contributed by atoms with Crippen LogP contribution in [0.4, 0.5) is 0 Å². The summed E-state index contributed by atoms with van der Waals surface area (Å²) in [5, 5.41) is 0. The van der Waals surface area contributed by atoms with Crippen molar-refractivity contribution >= 4 is 5.57 Å². The summed E-state index contributed by atoms with van der Waals surface area (Å²) in [7, 11) is 0. The average molecular weight is 228 g/mol. The zero-order valence-electron chi connectivity index (χ0n) is 11.3. The molecule has 0 radical (unpaired) electrons. The standard InChI is InChI=1S/C17H24/c1-14(2)8-6-5-7-9-16(4)17-12-10-15(3)11-13-17/h10-13H,1,4-9H2,2-3H3. The predicted octanol–water partition coefficient (Wildman–Crippen LogP) is 5.53. The van der Waals surface area contributed by atoms with E-state index in [2.05, 4.69) is 51.3 Å². The number of benzene rings is 1. The second-order valence-corrected chi connectivity index (χ2v) is 4.99. The molecule has 0 bridgehead atoms. The summed E-state index contributed by atoms with van der Waals surface area (Å²) in [6.07, 6.45) is 6.05. The average Bonchev–Trinajstić information content (AvgIpc) is 2.29. The third kappa shape index (κ3) is 5.53. The van der Waals surface area contributed by atoms with Gasteiger partial charge < -0.3 is 0 Å². The molecule has 0 saturated heterocycles. The third-order valence-corrected chi connectivity index (χ3v) is 3.04.